The van der Waals surface area contributed by atoms with Gasteiger partial charge in [0.15, 0.2) is 0 Å². The largest absolute Gasteiger partial charge is 0.494 e. The monoisotopic (exact) mass is 360 g/mol. The van der Waals surface area contributed by atoms with Crippen LogP contribution in [0.25, 0.3) is 10.9 Å². The third kappa shape index (κ3) is 2.80. The summed E-state index contributed by atoms with van der Waals surface area (Å²) in [5.41, 5.74) is 4.76. The molecule has 1 aliphatic carbocycles. The fraction of sp³-hybridized carbons (Fsp3) is 0.348. The summed E-state index contributed by atoms with van der Waals surface area (Å²) in [7, 11) is 0. The minimum atomic E-state index is -0.0744. The highest BCUT2D eigenvalue weighted by Gasteiger charge is 2.40. The highest BCUT2D eigenvalue weighted by atomic mass is 16.5. The van der Waals surface area contributed by atoms with Gasteiger partial charge in [0.1, 0.15) is 5.75 Å². The Morgan fingerprint density at radius 1 is 1.19 bits per heavy atom. The molecule has 4 heteroatoms. The van der Waals surface area contributed by atoms with E-state index >= 15 is 0 Å². The summed E-state index contributed by atoms with van der Waals surface area (Å²) < 4.78 is 5.73. The third-order valence-corrected chi connectivity index (χ3v) is 5.73. The van der Waals surface area contributed by atoms with Gasteiger partial charge in [-0.3, -0.25) is 4.79 Å². The van der Waals surface area contributed by atoms with Crippen LogP contribution in [-0.4, -0.2) is 28.9 Å². The molecule has 2 heterocycles. The average Bonchev–Trinajstić information content (AvgIpc) is 3.47. The maximum Gasteiger partial charge on any atom is 0.226 e. The van der Waals surface area contributed by atoms with Gasteiger partial charge in [0.25, 0.3) is 0 Å². The molecule has 1 N–H and O–H groups in total. The second kappa shape index (κ2) is 6.45. The van der Waals surface area contributed by atoms with Gasteiger partial charge >= 0.3 is 0 Å². The smallest absolute Gasteiger partial charge is 0.226 e. The topological polar surface area (TPSA) is 45.3 Å². The number of H-pyrrole nitrogens is 1. The molecule has 2 aromatic carbocycles. The zero-order valence-electron chi connectivity index (χ0n) is 15.6. The Hall–Kier alpha value is -2.75. The van der Waals surface area contributed by atoms with Crippen LogP contribution in [0.1, 0.15) is 42.6 Å². The molecular weight excluding hydrogens is 336 g/mol. The first-order chi connectivity index (χ1) is 13.3. The number of para-hydroxylation sites is 1. The van der Waals surface area contributed by atoms with Gasteiger partial charge in [0, 0.05) is 29.1 Å². The molecular formula is C23H24N2O2. The summed E-state index contributed by atoms with van der Waals surface area (Å²) in [6, 6.07) is 16.6. The SMILES string of the molecule is CCOc1cccc(C2c3[nH]c4ccccc4c3CCN2C(=O)C2CC2)c1. The molecule has 4 nitrogen and oxygen atoms in total. The fourth-order valence-corrected chi connectivity index (χ4v) is 4.33. The van der Waals surface area contributed by atoms with E-state index in [1.807, 2.05) is 19.1 Å². The number of rotatable bonds is 4. The van der Waals surface area contributed by atoms with Crippen molar-refractivity contribution in [1.29, 1.82) is 0 Å². The molecule has 0 saturated heterocycles. The lowest BCUT2D eigenvalue weighted by Gasteiger charge is -2.36. The second-order valence-electron chi connectivity index (χ2n) is 7.53. The molecule has 138 valence electrons. The van der Waals surface area contributed by atoms with Crippen molar-refractivity contribution in [2.75, 3.05) is 13.2 Å². The quantitative estimate of drug-likeness (QED) is 0.747. The van der Waals surface area contributed by atoms with Crippen LogP contribution in [0, 0.1) is 5.92 Å². The summed E-state index contributed by atoms with van der Waals surface area (Å²) in [5.74, 6) is 1.37. The van der Waals surface area contributed by atoms with Crippen LogP contribution in [-0.2, 0) is 11.2 Å². The van der Waals surface area contributed by atoms with Gasteiger partial charge < -0.3 is 14.6 Å². The predicted molar refractivity (Wildman–Crippen MR) is 106 cm³/mol. The Balaban J connectivity index is 1.65. The summed E-state index contributed by atoms with van der Waals surface area (Å²) >= 11 is 0. The van der Waals surface area contributed by atoms with E-state index in [9.17, 15) is 4.79 Å². The maximum absolute atomic E-state index is 13.1. The molecule has 2 aliphatic rings. The molecule has 1 saturated carbocycles. The van der Waals surface area contributed by atoms with Gasteiger partial charge in [0.05, 0.1) is 12.6 Å². The maximum atomic E-state index is 13.1. The van der Waals surface area contributed by atoms with Gasteiger partial charge in [-0.05, 0) is 55.5 Å². The van der Waals surface area contributed by atoms with Gasteiger partial charge in [0.2, 0.25) is 5.91 Å². The van der Waals surface area contributed by atoms with Crippen LogP contribution in [0.4, 0.5) is 0 Å². The molecule has 0 spiro atoms. The van der Waals surface area contributed by atoms with Crippen LogP contribution in [0.5, 0.6) is 5.75 Å². The number of carbonyl (C=O) groups is 1. The average molecular weight is 360 g/mol. The Morgan fingerprint density at radius 3 is 2.85 bits per heavy atom. The zero-order valence-corrected chi connectivity index (χ0v) is 15.6. The minimum absolute atomic E-state index is 0.0744. The van der Waals surface area contributed by atoms with E-state index in [1.54, 1.807) is 0 Å². The number of aromatic nitrogens is 1. The van der Waals surface area contributed by atoms with E-state index in [0.717, 1.165) is 48.3 Å². The van der Waals surface area contributed by atoms with Crippen molar-refractivity contribution in [1.82, 2.24) is 9.88 Å². The van der Waals surface area contributed by atoms with Crippen LogP contribution in [0.2, 0.25) is 0 Å². The van der Waals surface area contributed by atoms with Gasteiger partial charge in [-0.25, -0.2) is 0 Å². The van der Waals surface area contributed by atoms with Gasteiger partial charge in [-0.1, -0.05) is 30.3 Å². The number of nitrogens with zero attached hydrogens (tertiary/aromatic N) is 1. The van der Waals surface area contributed by atoms with E-state index in [-0.39, 0.29) is 12.0 Å². The highest BCUT2D eigenvalue weighted by Crippen LogP contribution is 2.42. The molecule has 1 atom stereocenters. The standard InChI is InChI=1S/C23H24N2O2/c1-2-27-17-7-5-6-16(14-17)22-21-19(18-8-3-4-9-20(18)24-21)12-13-25(22)23(26)15-10-11-15/h3-9,14-15,22,24H,2,10-13H2,1H3. The Bertz CT molecular complexity index is 1000. The van der Waals surface area contributed by atoms with Crippen molar-refractivity contribution in [2.24, 2.45) is 5.92 Å². The highest BCUT2D eigenvalue weighted by molar-refractivity contribution is 5.87. The molecule has 3 aromatic rings. The molecule has 1 aliphatic heterocycles. The van der Waals surface area contributed by atoms with Crippen LogP contribution < -0.4 is 4.74 Å². The van der Waals surface area contributed by atoms with Crippen molar-refractivity contribution in [3.63, 3.8) is 0 Å². The molecule has 27 heavy (non-hydrogen) atoms. The summed E-state index contributed by atoms with van der Waals surface area (Å²) in [5, 5.41) is 1.27. The first kappa shape index (κ1) is 16.4. The molecule has 0 radical (unpaired) electrons. The van der Waals surface area contributed by atoms with E-state index in [1.165, 1.54) is 10.9 Å². The molecule has 0 bridgehead atoms. The van der Waals surface area contributed by atoms with Crippen molar-refractivity contribution in [2.45, 2.75) is 32.2 Å². The van der Waals surface area contributed by atoms with Gasteiger partial charge in [-0.15, -0.1) is 0 Å². The number of amides is 1. The van der Waals surface area contributed by atoms with Crippen molar-refractivity contribution in [3.05, 3.63) is 65.4 Å². The van der Waals surface area contributed by atoms with Crippen molar-refractivity contribution in [3.8, 4) is 5.75 Å². The van der Waals surface area contributed by atoms with Crippen LogP contribution >= 0.6 is 0 Å². The molecule has 5 rings (SSSR count). The predicted octanol–water partition coefficient (Wildman–Crippen LogP) is 4.45. The zero-order chi connectivity index (χ0) is 18.4. The summed E-state index contributed by atoms with van der Waals surface area (Å²) in [6.07, 6.45) is 2.96. The van der Waals surface area contributed by atoms with Gasteiger partial charge in [-0.2, -0.15) is 0 Å². The van der Waals surface area contributed by atoms with Crippen molar-refractivity contribution < 1.29 is 9.53 Å². The van der Waals surface area contributed by atoms with E-state index in [2.05, 4.69) is 46.3 Å². The van der Waals surface area contributed by atoms with E-state index in [4.69, 9.17) is 4.74 Å². The van der Waals surface area contributed by atoms with E-state index in [0.29, 0.717) is 12.5 Å². The third-order valence-electron chi connectivity index (χ3n) is 5.73. The first-order valence-electron chi connectivity index (χ1n) is 9.89. The molecule has 1 fully saturated rings. The number of fused-ring (bicyclic) bond motifs is 3. The number of aromatic amines is 1. The minimum Gasteiger partial charge on any atom is -0.494 e. The lowest BCUT2D eigenvalue weighted by molar-refractivity contribution is -0.134. The second-order valence-corrected chi connectivity index (χ2v) is 7.53. The Kier molecular flexibility index (Phi) is 3.92. The number of nitrogens with one attached hydrogen (secondary N) is 1. The van der Waals surface area contributed by atoms with Crippen LogP contribution in [0.15, 0.2) is 48.5 Å². The number of benzene rings is 2. The number of ether oxygens (including phenoxy) is 1. The molecule has 1 aromatic heterocycles. The van der Waals surface area contributed by atoms with Crippen molar-refractivity contribution >= 4 is 16.8 Å². The lowest BCUT2D eigenvalue weighted by atomic mass is 9.92. The number of hydrogen-bond donors (Lipinski definition) is 1. The Labute approximate surface area is 159 Å². The summed E-state index contributed by atoms with van der Waals surface area (Å²) in [4.78, 5) is 18.8. The fourth-order valence-electron chi connectivity index (χ4n) is 4.33. The summed E-state index contributed by atoms with van der Waals surface area (Å²) in [6.45, 7) is 3.40. The Morgan fingerprint density at radius 2 is 2.04 bits per heavy atom. The first-order valence-corrected chi connectivity index (χ1v) is 9.89. The number of hydrogen-bond acceptors (Lipinski definition) is 2. The molecule has 1 unspecified atom stereocenters. The van der Waals surface area contributed by atoms with Crippen LogP contribution in [0.3, 0.4) is 0 Å². The van der Waals surface area contributed by atoms with E-state index < -0.39 is 0 Å². The normalized spacial score (nSPS) is 19.1. The molecule has 1 amide bonds. The lowest BCUT2D eigenvalue weighted by Crippen LogP contribution is -2.41. The number of carbonyl (C=O) groups excluding carboxylic acids is 1.